The minimum absolute atomic E-state index is 0.378. The van der Waals surface area contributed by atoms with Gasteiger partial charge in [-0.25, -0.2) is 9.67 Å². The van der Waals surface area contributed by atoms with E-state index < -0.39 is 5.91 Å². The van der Waals surface area contributed by atoms with E-state index in [-0.39, 0.29) is 0 Å². The standard InChI is InChI=1S/C10H11N5O/c1-12-9-4-8(2-3-13-9)15-6-7(5-14-15)10(11)16/h2-6H,1H3,(H2,11,16)(H,12,13). The molecule has 0 aromatic carbocycles. The van der Waals surface area contributed by atoms with Crippen molar-refractivity contribution in [2.75, 3.05) is 12.4 Å². The number of carbonyl (C=O) groups is 1. The molecule has 2 aromatic heterocycles. The van der Waals surface area contributed by atoms with Gasteiger partial charge in [-0.1, -0.05) is 0 Å². The van der Waals surface area contributed by atoms with Crippen LogP contribution in [0.15, 0.2) is 30.7 Å². The third-order valence-corrected chi connectivity index (χ3v) is 2.13. The summed E-state index contributed by atoms with van der Waals surface area (Å²) in [4.78, 5) is 15.0. The monoisotopic (exact) mass is 217 g/mol. The molecule has 1 amide bonds. The molecule has 0 spiro atoms. The van der Waals surface area contributed by atoms with Gasteiger partial charge in [-0.2, -0.15) is 5.10 Å². The second-order valence-corrected chi connectivity index (χ2v) is 3.19. The number of nitrogens with two attached hydrogens (primary N) is 1. The normalized spacial score (nSPS) is 10.1. The molecule has 0 aliphatic carbocycles. The van der Waals surface area contributed by atoms with Crippen molar-refractivity contribution in [3.63, 3.8) is 0 Å². The molecule has 0 aliphatic heterocycles. The Balaban J connectivity index is 2.38. The van der Waals surface area contributed by atoms with E-state index in [1.54, 1.807) is 30.2 Å². The number of nitrogens with one attached hydrogen (secondary N) is 1. The molecule has 2 aromatic rings. The third-order valence-electron chi connectivity index (χ3n) is 2.13. The SMILES string of the molecule is CNc1cc(-n2cc(C(N)=O)cn2)ccn1. The minimum atomic E-state index is -0.492. The van der Waals surface area contributed by atoms with Gasteiger partial charge in [0.15, 0.2) is 0 Å². The summed E-state index contributed by atoms with van der Waals surface area (Å²) >= 11 is 0. The Morgan fingerprint density at radius 3 is 3.00 bits per heavy atom. The molecule has 0 unspecified atom stereocenters. The van der Waals surface area contributed by atoms with Crippen LogP contribution in [0.2, 0.25) is 0 Å². The highest BCUT2D eigenvalue weighted by Gasteiger charge is 2.05. The highest BCUT2D eigenvalue weighted by Crippen LogP contribution is 2.11. The average molecular weight is 217 g/mol. The first-order chi connectivity index (χ1) is 7.70. The van der Waals surface area contributed by atoms with E-state index in [1.807, 2.05) is 6.07 Å². The molecule has 0 bridgehead atoms. The summed E-state index contributed by atoms with van der Waals surface area (Å²) in [6, 6.07) is 3.61. The van der Waals surface area contributed by atoms with Crippen molar-refractivity contribution in [1.29, 1.82) is 0 Å². The Morgan fingerprint density at radius 2 is 2.38 bits per heavy atom. The molecule has 16 heavy (non-hydrogen) atoms. The number of anilines is 1. The lowest BCUT2D eigenvalue weighted by atomic mass is 10.3. The third kappa shape index (κ3) is 1.85. The predicted octanol–water partition coefficient (Wildman–Crippen LogP) is 0.408. The Morgan fingerprint density at radius 1 is 1.56 bits per heavy atom. The van der Waals surface area contributed by atoms with E-state index in [1.165, 1.54) is 6.20 Å². The van der Waals surface area contributed by atoms with Gasteiger partial charge in [0.1, 0.15) is 5.82 Å². The lowest BCUT2D eigenvalue weighted by Gasteiger charge is -2.03. The largest absolute Gasteiger partial charge is 0.373 e. The van der Waals surface area contributed by atoms with Gasteiger partial charge in [-0.15, -0.1) is 0 Å². The zero-order chi connectivity index (χ0) is 11.5. The number of nitrogens with zero attached hydrogens (tertiary/aromatic N) is 3. The van der Waals surface area contributed by atoms with Crippen molar-refractivity contribution in [2.45, 2.75) is 0 Å². The molecule has 0 aliphatic rings. The van der Waals surface area contributed by atoms with Gasteiger partial charge < -0.3 is 11.1 Å². The molecule has 6 heteroatoms. The lowest BCUT2D eigenvalue weighted by molar-refractivity contribution is 0.100. The molecule has 3 N–H and O–H groups in total. The topological polar surface area (TPSA) is 85.8 Å². The van der Waals surface area contributed by atoms with Gasteiger partial charge in [0.05, 0.1) is 17.4 Å². The van der Waals surface area contributed by atoms with Gasteiger partial charge in [0.2, 0.25) is 0 Å². The number of aromatic nitrogens is 3. The van der Waals surface area contributed by atoms with E-state index in [0.717, 1.165) is 11.5 Å². The van der Waals surface area contributed by atoms with E-state index in [0.29, 0.717) is 5.56 Å². The maximum atomic E-state index is 10.9. The second kappa shape index (κ2) is 4.01. The van der Waals surface area contributed by atoms with Crippen LogP contribution in [0.5, 0.6) is 0 Å². The molecule has 0 radical (unpaired) electrons. The van der Waals surface area contributed by atoms with Gasteiger partial charge in [-0.3, -0.25) is 4.79 Å². The number of amides is 1. The van der Waals surface area contributed by atoms with Crippen LogP contribution in [-0.2, 0) is 0 Å². The summed E-state index contributed by atoms with van der Waals surface area (Å²) in [6.07, 6.45) is 4.67. The van der Waals surface area contributed by atoms with E-state index in [4.69, 9.17) is 5.73 Å². The number of primary amides is 1. The van der Waals surface area contributed by atoms with Crippen LogP contribution >= 0.6 is 0 Å². The van der Waals surface area contributed by atoms with Crippen LogP contribution < -0.4 is 11.1 Å². The van der Waals surface area contributed by atoms with Gasteiger partial charge >= 0.3 is 0 Å². The van der Waals surface area contributed by atoms with Crippen molar-refractivity contribution in [1.82, 2.24) is 14.8 Å². The predicted molar refractivity (Wildman–Crippen MR) is 59.4 cm³/mol. The summed E-state index contributed by atoms with van der Waals surface area (Å²) < 4.78 is 1.57. The lowest BCUT2D eigenvalue weighted by Crippen LogP contribution is -2.09. The molecular formula is C10H11N5O. The molecule has 6 nitrogen and oxygen atoms in total. The first-order valence-electron chi connectivity index (χ1n) is 4.69. The minimum Gasteiger partial charge on any atom is -0.373 e. The fraction of sp³-hybridized carbons (Fsp3) is 0.100. The van der Waals surface area contributed by atoms with Crippen molar-refractivity contribution < 1.29 is 4.79 Å². The Bertz CT molecular complexity index is 519. The quantitative estimate of drug-likeness (QED) is 0.779. The summed E-state index contributed by atoms with van der Waals surface area (Å²) in [6.45, 7) is 0. The zero-order valence-corrected chi connectivity index (χ0v) is 8.71. The molecule has 2 rings (SSSR count). The summed E-state index contributed by atoms with van der Waals surface area (Å²) in [5, 5.41) is 6.97. The average Bonchev–Trinajstić information content (AvgIpc) is 2.78. The van der Waals surface area contributed by atoms with Crippen LogP contribution in [0.3, 0.4) is 0 Å². The van der Waals surface area contributed by atoms with Crippen LogP contribution in [0.1, 0.15) is 10.4 Å². The van der Waals surface area contributed by atoms with E-state index in [9.17, 15) is 4.79 Å². The Hall–Kier alpha value is -2.37. The number of rotatable bonds is 3. The number of carbonyl (C=O) groups excluding carboxylic acids is 1. The first kappa shape index (κ1) is 10.2. The highest BCUT2D eigenvalue weighted by atomic mass is 16.1. The zero-order valence-electron chi connectivity index (χ0n) is 8.71. The van der Waals surface area contributed by atoms with Crippen molar-refractivity contribution in [2.24, 2.45) is 5.73 Å². The molecule has 2 heterocycles. The van der Waals surface area contributed by atoms with Gasteiger partial charge in [0.25, 0.3) is 5.91 Å². The summed E-state index contributed by atoms with van der Waals surface area (Å²) in [7, 11) is 1.78. The van der Waals surface area contributed by atoms with Gasteiger partial charge in [0, 0.05) is 25.5 Å². The molecule has 0 fully saturated rings. The molecule has 0 saturated heterocycles. The van der Waals surface area contributed by atoms with Crippen LogP contribution in [0, 0.1) is 0 Å². The molecule has 0 atom stereocenters. The van der Waals surface area contributed by atoms with Crippen LogP contribution in [0.4, 0.5) is 5.82 Å². The maximum Gasteiger partial charge on any atom is 0.251 e. The fourth-order valence-corrected chi connectivity index (χ4v) is 1.29. The van der Waals surface area contributed by atoms with Crippen molar-refractivity contribution >= 4 is 11.7 Å². The van der Waals surface area contributed by atoms with Gasteiger partial charge in [-0.05, 0) is 6.07 Å². The van der Waals surface area contributed by atoms with Crippen LogP contribution in [0.25, 0.3) is 5.69 Å². The van der Waals surface area contributed by atoms with Crippen LogP contribution in [-0.4, -0.2) is 27.7 Å². The van der Waals surface area contributed by atoms with Crippen molar-refractivity contribution in [3.8, 4) is 5.69 Å². The summed E-state index contributed by atoms with van der Waals surface area (Å²) in [5.74, 6) is 0.239. The fourth-order valence-electron chi connectivity index (χ4n) is 1.29. The highest BCUT2D eigenvalue weighted by molar-refractivity contribution is 5.92. The molecule has 82 valence electrons. The molecular weight excluding hydrogens is 206 g/mol. The maximum absolute atomic E-state index is 10.9. The first-order valence-corrected chi connectivity index (χ1v) is 4.69. The molecule has 0 saturated carbocycles. The number of hydrogen-bond donors (Lipinski definition) is 2. The van der Waals surface area contributed by atoms with Crippen molar-refractivity contribution in [3.05, 3.63) is 36.3 Å². The Labute approximate surface area is 92.1 Å². The Kier molecular flexibility index (Phi) is 2.55. The second-order valence-electron chi connectivity index (χ2n) is 3.19. The number of pyridine rings is 1. The summed E-state index contributed by atoms with van der Waals surface area (Å²) in [5.41, 5.74) is 6.33. The number of hydrogen-bond acceptors (Lipinski definition) is 4. The van der Waals surface area contributed by atoms with E-state index in [2.05, 4.69) is 15.4 Å². The van der Waals surface area contributed by atoms with E-state index >= 15 is 0 Å². The smallest absolute Gasteiger partial charge is 0.251 e.